The Morgan fingerprint density at radius 1 is 1.32 bits per heavy atom. The van der Waals surface area contributed by atoms with Crippen LogP contribution in [0.25, 0.3) is 0 Å². The number of hydrogen-bond donors (Lipinski definition) is 2. The van der Waals surface area contributed by atoms with Gasteiger partial charge in [0.25, 0.3) is 5.91 Å². The molecule has 2 N–H and O–H groups in total. The van der Waals surface area contributed by atoms with Gasteiger partial charge in [-0.05, 0) is 43.7 Å². The summed E-state index contributed by atoms with van der Waals surface area (Å²) in [6.07, 6.45) is 4.48. The first-order chi connectivity index (χ1) is 10.5. The zero-order valence-corrected chi connectivity index (χ0v) is 12.5. The molecule has 1 aromatic rings. The largest absolute Gasteiger partial charge is 0.507 e. The summed E-state index contributed by atoms with van der Waals surface area (Å²) in [7, 11) is 0. The highest BCUT2D eigenvalue weighted by molar-refractivity contribution is 6.07. The number of aromatic hydroxyl groups is 1. The fourth-order valence-electron chi connectivity index (χ4n) is 3.02. The topological polar surface area (TPSA) is 82.0 Å². The van der Waals surface area contributed by atoms with Crippen LogP contribution < -0.4 is 5.32 Å². The summed E-state index contributed by atoms with van der Waals surface area (Å²) in [5, 5.41) is 17.3. The van der Waals surface area contributed by atoms with E-state index < -0.39 is 11.6 Å². The molecular weight excluding hydrogens is 282 g/mol. The number of imide groups is 1. The highest BCUT2D eigenvalue weighted by Gasteiger charge is 2.52. The standard InChI is InChI=1S/C16H19N3O3/c1-11-6-8-16(9-7-11)14(21)19(15(22)18-16)17-10-12-4-2-3-5-13(12)20/h2-5,10-11,20H,6-9H2,1H3,(H,18,22)/b17-10+. The zero-order chi connectivity index (χ0) is 15.7. The third kappa shape index (κ3) is 2.45. The van der Waals surface area contributed by atoms with Gasteiger partial charge in [0.05, 0.1) is 6.21 Å². The van der Waals surface area contributed by atoms with Crippen molar-refractivity contribution in [2.45, 2.75) is 38.1 Å². The van der Waals surface area contributed by atoms with Crippen LogP contribution in [-0.2, 0) is 4.79 Å². The Morgan fingerprint density at radius 3 is 2.68 bits per heavy atom. The lowest BCUT2D eigenvalue weighted by Gasteiger charge is -2.33. The smallest absolute Gasteiger partial charge is 0.346 e. The van der Waals surface area contributed by atoms with Gasteiger partial charge in [-0.1, -0.05) is 19.1 Å². The number of hydrazone groups is 1. The molecule has 0 bridgehead atoms. The van der Waals surface area contributed by atoms with Gasteiger partial charge >= 0.3 is 6.03 Å². The molecule has 0 atom stereocenters. The first-order valence-corrected chi connectivity index (χ1v) is 7.50. The van der Waals surface area contributed by atoms with Gasteiger partial charge in [-0.25, -0.2) is 4.79 Å². The van der Waals surface area contributed by atoms with Crippen LogP contribution in [0, 0.1) is 5.92 Å². The molecule has 1 spiro atoms. The summed E-state index contributed by atoms with van der Waals surface area (Å²) in [5.74, 6) is 0.338. The lowest BCUT2D eigenvalue weighted by Crippen LogP contribution is -2.49. The highest BCUT2D eigenvalue weighted by atomic mass is 16.3. The van der Waals surface area contributed by atoms with Crippen molar-refractivity contribution in [3.8, 4) is 5.75 Å². The summed E-state index contributed by atoms with van der Waals surface area (Å²) in [6, 6.07) is 6.13. The molecule has 1 saturated heterocycles. The Bertz CT molecular complexity index is 633. The van der Waals surface area contributed by atoms with E-state index in [4.69, 9.17) is 0 Å². The molecule has 2 fully saturated rings. The van der Waals surface area contributed by atoms with Crippen LogP contribution in [0.1, 0.15) is 38.2 Å². The molecule has 1 heterocycles. The molecule has 3 rings (SSSR count). The predicted octanol–water partition coefficient (Wildman–Crippen LogP) is 2.23. The lowest BCUT2D eigenvalue weighted by molar-refractivity contribution is -0.132. The van der Waals surface area contributed by atoms with Crippen molar-refractivity contribution in [1.29, 1.82) is 0 Å². The number of hydrogen-bond acceptors (Lipinski definition) is 4. The van der Waals surface area contributed by atoms with Crippen molar-refractivity contribution < 1.29 is 14.7 Å². The molecule has 0 radical (unpaired) electrons. The van der Waals surface area contributed by atoms with E-state index in [9.17, 15) is 14.7 Å². The minimum absolute atomic E-state index is 0.0551. The Hall–Kier alpha value is -2.37. The van der Waals surface area contributed by atoms with Crippen LogP contribution >= 0.6 is 0 Å². The van der Waals surface area contributed by atoms with Crippen molar-refractivity contribution >= 4 is 18.2 Å². The van der Waals surface area contributed by atoms with Crippen LogP contribution in [0.5, 0.6) is 5.75 Å². The van der Waals surface area contributed by atoms with Gasteiger partial charge in [-0.3, -0.25) is 4.79 Å². The third-order valence-electron chi connectivity index (χ3n) is 4.52. The maximum absolute atomic E-state index is 12.6. The molecule has 1 aromatic carbocycles. The number of nitrogens with one attached hydrogen (secondary N) is 1. The summed E-state index contributed by atoms with van der Waals surface area (Å²) in [4.78, 5) is 24.6. The number of rotatable bonds is 2. The molecular formula is C16H19N3O3. The average molecular weight is 301 g/mol. The number of urea groups is 1. The van der Waals surface area contributed by atoms with E-state index in [1.807, 2.05) is 0 Å². The minimum Gasteiger partial charge on any atom is -0.507 e. The number of phenols is 1. The van der Waals surface area contributed by atoms with Gasteiger partial charge in [0, 0.05) is 5.56 Å². The molecule has 6 nitrogen and oxygen atoms in total. The van der Waals surface area contributed by atoms with E-state index >= 15 is 0 Å². The summed E-state index contributed by atoms with van der Waals surface area (Å²) in [6.45, 7) is 2.15. The van der Waals surface area contributed by atoms with E-state index in [0.29, 0.717) is 24.3 Å². The molecule has 2 aliphatic rings. The molecule has 116 valence electrons. The van der Waals surface area contributed by atoms with E-state index in [1.54, 1.807) is 18.2 Å². The van der Waals surface area contributed by atoms with Crippen LogP contribution in [-0.4, -0.2) is 33.8 Å². The molecule has 0 unspecified atom stereocenters. The van der Waals surface area contributed by atoms with Gasteiger partial charge in [0.2, 0.25) is 0 Å². The molecule has 3 amide bonds. The average Bonchev–Trinajstić information content (AvgIpc) is 2.73. The first kappa shape index (κ1) is 14.6. The second-order valence-corrected chi connectivity index (χ2v) is 6.12. The molecule has 22 heavy (non-hydrogen) atoms. The first-order valence-electron chi connectivity index (χ1n) is 7.50. The second kappa shape index (κ2) is 5.44. The van der Waals surface area contributed by atoms with Crippen molar-refractivity contribution in [2.24, 2.45) is 11.0 Å². The minimum atomic E-state index is -0.792. The Morgan fingerprint density at radius 2 is 2.00 bits per heavy atom. The van der Waals surface area contributed by atoms with Crippen LogP contribution in [0.15, 0.2) is 29.4 Å². The van der Waals surface area contributed by atoms with E-state index in [-0.39, 0.29) is 11.7 Å². The summed E-state index contributed by atoms with van der Waals surface area (Å²) in [5.41, 5.74) is -0.332. The van der Waals surface area contributed by atoms with Gasteiger partial charge < -0.3 is 10.4 Å². The maximum atomic E-state index is 12.6. The zero-order valence-electron chi connectivity index (χ0n) is 12.5. The molecule has 6 heteroatoms. The predicted molar refractivity (Wildman–Crippen MR) is 81.4 cm³/mol. The van der Waals surface area contributed by atoms with Crippen molar-refractivity contribution in [1.82, 2.24) is 10.3 Å². The summed E-state index contributed by atoms with van der Waals surface area (Å²) < 4.78 is 0. The van der Waals surface area contributed by atoms with Gasteiger partial charge in [-0.15, -0.1) is 5.01 Å². The Labute approximate surface area is 128 Å². The maximum Gasteiger partial charge on any atom is 0.346 e. The van der Waals surface area contributed by atoms with Crippen LogP contribution in [0.3, 0.4) is 0 Å². The number of carbonyl (C=O) groups is 2. The Balaban J connectivity index is 1.79. The number of carbonyl (C=O) groups excluding carboxylic acids is 2. The number of para-hydroxylation sites is 1. The quantitative estimate of drug-likeness (QED) is 0.649. The van der Waals surface area contributed by atoms with Crippen molar-refractivity contribution in [2.75, 3.05) is 0 Å². The lowest BCUT2D eigenvalue weighted by atomic mass is 9.77. The highest BCUT2D eigenvalue weighted by Crippen LogP contribution is 2.36. The van der Waals surface area contributed by atoms with E-state index in [0.717, 1.165) is 17.9 Å². The van der Waals surface area contributed by atoms with Crippen molar-refractivity contribution in [3.05, 3.63) is 29.8 Å². The van der Waals surface area contributed by atoms with Crippen LogP contribution in [0.4, 0.5) is 4.79 Å². The van der Waals surface area contributed by atoms with E-state index in [1.165, 1.54) is 12.3 Å². The molecule has 0 aromatic heterocycles. The van der Waals surface area contributed by atoms with Gasteiger partial charge in [0.15, 0.2) is 0 Å². The monoisotopic (exact) mass is 301 g/mol. The SMILES string of the molecule is CC1CCC2(CC1)NC(=O)N(/N=C/c1ccccc1O)C2=O. The van der Waals surface area contributed by atoms with Gasteiger partial charge in [0.1, 0.15) is 11.3 Å². The number of nitrogens with zero attached hydrogens (tertiary/aromatic N) is 2. The number of benzene rings is 1. The molecule has 1 aliphatic heterocycles. The van der Waals surface area contributed by atoms with Crippen molar-refractivity contribution in [3.63, 3.8) is 0 Å². The fraction of sp³-hybridized carbons (Fsp3) is 0.438. The summed E-state index contributed by atoms with van der Waals surface area (Å²) >= 11 is 0. The second-order valence-electron chi connectivity index (χ2n) is 6.12. The van der Waals surface area contributed by atoms with Crippen LogP contribution in [0.2, 0.25) is 0 Å². The number of phenolic OH excluding ortho intramolecular Hbond substituents is 1. The number of amides is 3. The normalized spacial score (nSPS) is 28.6. The third-order valence-corrected chi connectivity index (χ3v) is 4.52. The van der Waals surface area contributed by atoms with E-state index in [2.05, 4.69) is 17.3 Å². The fourth-order valence-corrected chi connectivity index (χ4v) is 3.02. The molecule has 1 saturated carbocycles. The Kier molecular flexibility index (Phi) is 3.60. The molecule has 1 aliphatic carbocycles. The van der Waals surface area contributed by atoms with Gasteiger partial charge in [-0.2, -0.15) is 5.10 Å².